The van der Waals surface area contributed by atoms with Crippen molar-refractivity contribution in [2.24, 2.45) is 7.05 Å². The number of aromatic amines is 1. The van der Waals surface area contributed by atoms with Crippen LogP contribution in [0.25, 0.3) is 0 Å². The molecule has 4 amide bonds. The summed E-state index contributed by atoms with van der Waals surface area (Å²) in [6.45, 7) is 3.39. The zero-order chi connectivity index (χ0) is 31.2. The Balaban J connectivity index is 1.12. The predicted octanol–water partition coefficient (Wildman–Crippen LogP) is 4.74. The number of anilines is 3. The first kappa shape index (κ1) is 31.3. The number of amides is 4. The van der Waals surface area contributed by atoms with Crippen molar-refractivity contribution in [1.82, 2.24) is 19.8 Å². The van der Waals surface area contributed by atoms with Gasteiger partial charge in [-0.1, -0.05) is 11.6 Å². The Bertz CT molecular complexity index is 1700. The number of nitrogens with zero attached hydrogens (tertiary/aromatic N) is 2. The normalized spacial score (nSPS) is 13.3. The van der Waals surface area contributed by atoms with E-state index in [1.165, 1.54) is 30.5 Å². The number of aryl methyl sites for hydroxylation is 1. The van der Waals surface area contributed by atoms with Gasteiger partial charge in [0.25, 0.3) is 23.6 Å². The Kier molecular flexibility index (Phi) is 10.0. The van der Waals surface area contributed by atoms with Crippen LogP contribution in [0.1, 0.15) is 41.0 Å². The molecule has 5 rings (SSSR count). The number of thioether (sulfide) groups is 1. The SMILES string of the molecule is Cn1cc(NC(=O)c2cc(NC(=O)c3cc(NC(=O)c4ccc(Cl)cc4F)c[nH]3)cs2)cc1C(=O)NCCN1CCSCC1. The average Bonchev–Trinajstić information content (AvgIpc) is 3.74. The van der Waals surface area contributed by atoms with Crippen molar-refractivity contribution in [3.63, 3.8) is 0 Å². The van der Waals surface area contributed by atoms with Crippen LogP contribution in [0.3, 0.4) is 0 Å². The second kappa shape index (κ2) is 14.1. The van der Waals surface area contributed by atoms with Gasteiger partial charge in [-0.05, 0) is 36.4 Å². The van der Waals surface area contributed by atoms with Crippen LogP contribution in [0.2, 0.25) is 5.02 Å². The molecule has 0 atom stereocenters. The van der Waals surface area contributed by atoms with Gasteiger partial charge in [0.1, 0.15) is 17.2 Å². The first-order chi connectivity index (χ1) is 21.2. The summed E-state index contributed by atoms with van der Waals surface area (Å²) in [5, 5.41) is 12.7. The van der Waals surface area contributed by atoms with E-state index in [1.54, 1.807) is 29.3 Å². The minimum Gasteiger partial charge on any atom is -0.355 e. The molecule has 15 heteroatoms. The number of aromatic nitrogens is 2. The number of hydrogen-bond donors (Lipinski definition) is 5. The molecule has 11 nitrogen and oxygen atoms in total. The van der Waals surface area contributed by atoms with Crippen molar-refractivity contribution in [3.05, 3.63) is 86.8 Å². The monoisotopic (exact) mass is 657 g/mol. The van der Waals surface area contributed by atoms with E-state index < -0.39 is 23.5 Å². The van der Waals surface area contributed by atoms with Gasteiger partial charge in [-0.3, -0.25) is 24.1 Å². The fourth-order valence-corrected chi connectivity index (χ4v) is 6.35. The quantitative estimate of drug-likeness (QED) is 0.167. The second-order valence-electron chi connectivity index (χ2n) is 9.92. The molecule has 0 aliphatic carbocycles. The zero-order valence-corrected chi connectivity index (χ0v) is 25.9. The molecule has 0 unspecified atom stereocenters. The summed E-state index contributed by atoms with van der Waals surface area (Å²) in [5.74, 6) is -0.365. The Morgan fingerprint density at radius 2 is 1.68 bits per heavy atom. The molecule has 44 heavy (non-hydrogen) atoms. The minimum absolute atomic E-state index is 0.138. The van der Waals surface area contributed by atoms with E-state index in [9.17, 15) is 23.6 Å². The van der Waals surface area contributed by atoms with Crippen molar-refractivity contribution in [3.8, 4) is 0 Å². The second-order valence-corrected chi connectivity index (χ2v) is 12.5. The van der Waals surface area contributed by atoms with E-state index in [1.807, 2.05) is 11.8 Å². The molecule has 1 aliphatic rings. The summed E-state index contributed by atoms with van der Waals surface area (Å²) in [4.78, 5) is 56.1. The highest BCUT2D eigenvalue weighted by atomic mass is 35.5. The fourth-order valence-electron chi connectivity index (χ4n) is 4.48. The van der Waals surface area contributed by atoms with Crippen LogP contribution in [0.4, 0.5) is 21.5 Å². The van der Waals surface area contributed by atoms with E-state index in [-0.39, 0.29) is 27.9 Å². The smallest absolute Gasteiger partial charge is 0.272 e. The number of nitrogens with one attached hydrogen (secondary N) is 5. The Morgan fingerprint density at radius 3 is 2.45 bits per heavy atom. The molecule has 1 fully saturated rings. The van der Waals surface area contributed by atoms with E-state index in [0.29, 0.717) is 28.5 Å². The molecular formula is C29H29ClFN7O4S2. The van der Waals surface area contributed by atoms with Crippen LogP contribution in [-0.2, 0) is 7.05 Å². The Hall–Kier alpha value is -4.11. The minimum atomic E-state index is -0.767. The number of halogens is 2. The molecule has 4 aromatic rings. The third kappa shape index (κ3) is 7.88. The fraction of sp³-hybridized carbons (Fsp3) is 0.241. The molecule has 1 aliphatic heterocycles. The van der Waals surface area contributed by atoms with E-state index in [4.69, 9.17) is 11.6 Å². The van der Waals surface area contributed by atoms with Gasteiger partial charge in [0.15, 0.2) is 0 Å². The van der Waals surface area contributed by atoms with Crippen LogP contribution < -0.4 is 21.3 Å². The van der Waals surface area contributed by atoms with Gasteiger partial charge < -0.3 is 30.8 Å². The van der Waals surface area contributed by atoms with Crippen LogP contribution in [-0.4, -0.2) is 75.8 Å². The molecular weight excluding hydrogens is 629 g/mol. The number of H-pyrrole nitrogens is 1. The Morgan fingerprint density at radius 1 is 0.932 bits per heavy atom. The lowest BCUT2D eigenvalue weighted by molar-refractivity contribution is 0.0938. The summed E-state index contributed by atoms with van der Waals surface area (Å²) in [6.07, 6.45) is 3.06. The van der Waals surface area contributed by atoms with Crippen LogP contribution in [0.5, 0.6) is 0 Å². The standard InChI is InChI=1S/C29H29ClFN7O4S2/c1-37-15-19(12-24(37)28(41)32-4-5-38-6-8-43-9-7-38)35-29(42)25-13-20(16-44-25)36-27(40)23-11-18(14-33-23)34-26(39)21-3-2-17(30)10-22(21)31/h2-3,10-16,33H,4-9H2,1H3,(H,32,41)(H,34,39)(H,35,42)(H,36,40). The number of carbonyl (C=O) groups excluding carboxylic acids is 4. The number of carbonyl (C=O) groups is 4. The first-order valence-electron chi connectivity index (χ1n) is 13.6. The van der Waals surface area contributed by atoms with E-state index in [2.05, 4.69) is 31.2 Å². The molecule has 1 aromatic carbocycles. The van der Waals surface area contributed by atoms with Crippen molar-refractivity contribution >= 4 is 75.4 Å². The topological polar surface area (TPSA) is 140 Å². The highest BCUT2D eigenvalue weighted by molar-refractivity contribution is 7.99. The molecule has 1 saturated heterocycles. The van der Waals surface area contributed by atoms with Gasteiger partial charge in [0, 0.05) is 67.5 Å². The van der Waals surface area contributed by atoms with Crippen molar-refractivity contribution in [2.45, 2.75) is 0 Å². The van der Waals surface area contributed by atoms with Gasteiger partial charge in [0.05, 0.1) is 27.5 Å². The molecule has 0 bridgehead atoms. The lowest BCUT2D eigenvalue weighted by Gasteiger charge is -2.25. The maximum Gasteiger partial charge on any atom is 0.272 e. The number of rotatable bonds is 10. The van der Waals surface area contributed by atoms with Crippen molar-refractivity contribution < 1.29 is 23.6 Å². The first-order valence-corrected chi connectivity index (χ1v) is 16.0. The highest BCUT2D eigenvalue weighted by Crippen LogP contribution is 2.23. The maximum absolute atomic E-state index is 14.0. The number of benzene rings is 1. The molecule has 230 valence electrons. The van der Waals surface area contributed by atoms with Gasteiger partial charge in [-0.25, -0.2) is 4.39 Å². The van der Waals surface area contributed by atoms with Crippen molar-refractivity contribution in [2.75, 3.05) is 53.6 Å². The lowest BCUT2D eigenvalue weighted by Crippen LogP contribution is -2.39. The number of thiophene rings is 1. The summed E-state index contributed by atoms with van der Waals surface area (Å²) in [7, 11) is 1.73. The number of hydrogen-bond acceptors (Lipinski definition) is 7. The Labute approximate surface area is 265 Å². The van der Waals surface area contributed by atoms with Gasteiger partial charge in [0.2, 0.25) is 0 Å². The molecule has 5 N–H and O–H groups in total. The molecule has 0 saturated carbocycles. The predicted molar refractivity (Wildman–Crippen MR) is 172 cm³/mol. The highest BCUT2D eigenvalue weighted by Gasteiger charge is 2.18. The molecule has 0 radical (unpaired) electrons. The summed E-state index contributed by atoms with van der Waals surface area (Å²) in [5.41, 5.74) is 1.50. The lowest BCUT2D eigenvalue weighted by atomic mass is 10.2. The van der Waals surface area contributed by atoms with E-state index >= 15 is 0 Å². The van der Waals surface area contributed by atoms with Crippen molar-refractivity contribution in [1.29, 1.82) is 0 Å². The van der Waals surface area contributed by atoms with Crippen LogP contribution >= 0.6 is 34.7 Å². The van der Waals surface area contributed by atoms with Gasteiger partial charge in [-0.2, -0.15) is 11.8 Å². The van der Waals surface area contributed by atoms with Gasteiger partial charge >= 0.3 is 0 Å². The van der Waals surface area contributed by atoms with Crippen LogP contribution in [0.15, 0.2) is 54.2 Å². The molecule has 0 spiro atoms. The maximum atomic E-state index is 14.0. The summed E-state index contributed by atoms with van der Waals surface area (Å²) >= 11 is 8.81. The third-order valence-corrected chi connectivity index (χ3v) is 8.86. The summed E-state index contributed by atoms with van der Waals surface area (Å²) < 4.78 is 15.7. The van der Waals surface area contributed by atoms with Crippen LogP contribution in [0, 0.1) is 5.82 Å². The average molecular weight is 658 g/mol. The van der Waals surface area contributed by atoms with E-state index in [0.717, 1.165) is 48.5 Å². The zero-order valence-electron chi connectivity index (χ0n) is 23.5. The third-order valence-electron chi connectivity index (χ3n) is 6.76. The molecule has 3 aromatic heterocycles. The van der Waals surface area contributed by atoms with Gasteiger partial charge in [-0.15, -0.1) is 11.3 Å². The molecule has 4 heterocycles. The largest absolute Gasteiger partial charge is 0.355 e. The summed E-state index contributed by atoms with van der Waals surface area (Å²) in [6, 6.07) is 8.25.